The number of aryl methyl sites for hydroxylation is 2. The van der Waals surface area contributed by atoms with Gasteiger partial charge in [-0.25, -0.2) is 4.79 Å². The summed E-state index contributed by atoms with van der Waals surface area (Å²) in [4.78, 5) is 34.6. The van der Waals surface area contributed by atoms with Crippen LogP contribution in [0, 0.1) is 13.8 Å². The lowest BCUT2D eigenvalue weighted by Gasteiger charge is -2.23. The van der Waals surface area contributed by atoms with Crippen molar-refractivity contribution in [3.8, 4) is 0 Å². The molecule has 2 aromatic carbocycles. The third kappa shape index (κ3) is 4.98. The van der Waals surface area contributed by atoms with Gasteiger partial charge in [0, 0.05) is 40.7 Å². The summed E-state index contributed by atoms with van der Waals surface area (Å²) in [6, 6.07) is 16.1. The van der Waals surface area contributed by atoms with Gasteiger partial charge in [-0.05, 0) is 84.5 Å². The van der Waals surface area contributed by atoms with E-state index >= 15 is 0 Å². The Hall–Kier alpha value is -3.64. The summed E-state index contributed by atoms with van der Waals surface area (Å²) < 4.78 is 0. The molecule has 0 saturated carbocycles. The van der Waals surface area contributed by atoms with E-state index in [-0.39, 0.29) is 18.1 Å². The molecular weight excluding hydrogens is 424 g/mol. The highest BCUT2D eigenvalue weighted by molar-refractivity contribution is 6.30. The molecule has 0 saturated heterocycles. The van der Waals surface area contributed by atoms with E-state index in [1.807, 2.05) is 44.2 Å². The number of nitrogens with zero attached hydrogens (tertiary/aromatic N) is 2. The molecular formula is C25H23ClN4O2. The van der Waals surface area contributed by atoms with Crippen molar-refractivity contribution in [2.45, 2.75) is 26.9 Å². The van der Waals surface area contributed by atoms with Crippen molar-refractivity contribution in [1.29, 1.82) is 0 Å². The van der Waals surface area contributed by atoms with Crippen LogP contribution in [-0.4, -0.2) is 20.9 Å². The lowest BCUT2D eigenvalue weighted by Crippen LogP contribution is -2.35. The van der Waals surface area contributed by atoms with Gasteiger partial charge in [-0.1, -0.05) is 17.7 Å². The van der Waals surface area contributed by atoms with Gasteiger partial charge in [0.05, 0.1) is 6.54 Å². The van der Waals surface area contributed by atoms with Crippen LogP contribution in [0.1, 0.15) is 22.3 Å². The second-order valence-electron chi connectivity index (χ2n) is 7.80. The molecule has 4 rings (SSSR count). The number of rotatable bonds is 5. The molecule has 0 aliphatic heterocycles. The number of benzene rings is 2. The number of carbonyl (C=O) groups is 1. The van der Waals surface area contributed by atoms with Gasteiger partial charge in [-0.15, -0.1) is 0 Å². The minimum Gasteiger partial charge on any atom is -0.322 e. The minimum atomic E-state index is -0.323. The standard InChI is InChI=1S/C25H23ClN4O2/c1-16-10-19-12-20(24(31)29-23(19)11-17(16)2)15-30(14-18-4-3-9-27-13-18)25(32)28-22-7-5-21(26)6-8-22/h3-13H,14-15H2,1-2H3,(H,28,32)(H,29,31). The molecule has 6 nitrogen and oxygen atoms in total. The van der Waals surface area contributed by atoms with Crippen LogP contribution in [0.5, 0.6) is 0 Å². The molecule has 0 aliphatic rings. The number of pyridine rings is 2. The summed E-state index contributed by atoms with van der Waals surface area (Å²) in [6.07, 6.45) is 3.39. The van der Waals surface area contributed by atoms with E-state index in [9.17, 15) is 9.59 Å². The summed E-state index contributed by atoms with van der Waals surface area (Å²) in [7, 11) is 0. The molecule has 0 fully saturated rings. The largest absolute Gasteiger partial charge is 0.322 e. The van der Waals surface area contributed by atoms with Crippen LogP contribution in [0.25, 0.3) is 10.9 Å². The number of nitrogens with one attached hydrogen (secondary N) is 2. The van der Waals surface area contributed by atoms with E-state index in [0.29, 0.717) is 22.8 Å². The van der Waals surface area contributed by atoms with E-state index in [1.165, 1.54) is 0 Å². The van der Waals surface area contributed by atoms with E-state index in [4.69, 9.17) is 11.6 Å². The number of hydrogen-bond acceptors (Lipinski definition) is 3. The molecule has 0 unspecified atom stereocenters. The maximum atomic E-state index is 13.1. The Morgan fingerprint density at radius 3 is 2.53 bits per heavy atom. The van der Waals surface area contributed by atoms with Gasteiger partial charge in [0.2, 0.25) is 0 Å². The summed E-state index contributed by atoms with van der Waals surface area (Å²) in [5.74, 6) is 0. The number of anilines is 1. The van der Waals surface area contributed by atoms with Crippen molar-refractivity contribution in [2.75, 3.05) is 5.32 Å². The fourth-order valence-electron chi connectivity index (χ4n) is 3.49. The van der Waals surface area contributed by atoms with Crippen molar-refractivity contribution < 1.29 is 4.79 Å². The number of H-pyrrole nitrogens is 1. The molecule has 0 bridgehead atoms. The molecule has 2 heterocycles. The van der Waals surface area contributed by atoms with Gasteiger partial charge >= 0.3 is 6.03 Å². The highest BCUT2D eigenvalue weighted by Crippen LogP contribution is 2.19. The van der Waals surface area contributed by atoms with Crippen LogP contribution >= 0.6 is 11.6 Å². The van der Waals surface area contributed by atoms with E-state index in [2.05, 4.69) is 15.3 Å². The monoisotopic (exact) mass is 446 g/mol. The highest BCUT2D eigenvalue weighted by Gasteiger charge is 2.17. The summed E-state index contributed by atoms with van der Waals surface area (Å²) in [5.41, 5.74) is 4.82. The summed E-state index contributed by atoms with van der Waals surface area (Å²) in [6.45, 7) is 4.50. The molecule has 0 aliphatic carbocycles. The number of amides is 2. The van der Waals surface area contributed by atoms with Crippen molar-refractivity contribution in [1.82, 2.24) is 14.9 Å². The number of aromatic amines is 1. The predicted molar refractivity (Wildman–Crippen MR) is 128 cm³/mol. The van der Waals surface area contributed by atoms with Gasteiger partial charge < -0.3 is 15.2 Å². The number of urea groups is 1. The van der Waals surface area contributed by atoms with Crippen molar-refractivity contribution in [2.24, 2.45) is 0 Å². The number of carbonyl (C=O) groups excluding carboxylic acids is 1. The van der Waals surface area contributed by atoms with E-state index in [0.717, 1.165) is 27.6 Å². The third-order valence-corrected chi connectivity index (χ3v) is 5.63. The first-order chi connectivity index (χ1) is 15.4. The third-order valence-electron chi connectivity index (χ3n) is 5.38. The van der Waals surface area contributed by atoms with Crippen LogP contribution < -0.4 is 10.9 Å². The van der Waals surface area contributed by atoms with E-state index < -0.39 is 0 Å². The Kier molecular flexibility index (Phi) is 6.23. The Balaban J connectivity index is 1.65. The molecule has 0 atom stereocenters. The first-order valence-corrected chi connectivity index (χ1v) is 10.6. The molecule has 32 heavy (non-hydrogen) atoms. The first kappa shape index (κ1) is 21.6. The van der Waals surface area contributed by atoms with Gasteiger partial charge in [-0.2, -0.15) is 0 Å². The average Bonchev–Trinajstić information content (AvgIpc) is 2.77. The van der Waals surface area contributed by atoms with Crippen molar-refractivity contribution >= 4 is 34.2 Å². The van der Waals surface area contributed by atoms with E-state index in [1.54, 1.807) is 41.6 Å². The average molecular weight is 447 g/mol. The molecule has 7 heteroatoms. The van der Waals surface area contributed by atoms with Crippen LogP contribution in [0.15, 0.2) is 71.8 Å². The maximum absolute atomic E-state index is 13.1. The van der Waals surface area contributed by atoms with Gasteiger partial charge in [0.1, 0.15) is 0 Å². The molecule has 162 valence electrons. The topological polar surface area (TPSA) is 78.1 Å². The zero-order valence-corrected chi connectivity index (χ0v) is 18.6. The molecule has 0 radical (unpaired) electrons. The number of aromatic nitrogens is 2. The van der Waals surface area contributed by atoms with Gasteiger partial charge in [-0.3, -0.25) is 9.78 Å². The summed E-state index contributed by atoms with van der Waals surface area (Å²) >= 11 is 5.94. The zero-order chi connectivity index (χ0) is 22.7. The normalized spacial score (nSPS) is 10.8. The van der Waals surface area contributed by atoms with Gasteiger partial charge in [0.25, 0.3) is 5.56 Å². The Morgan fingerprint density at radius 2 is 1.81 bits per heavy atom. The van der Waals surface area contributed by atoms with Crippen molar-refractivity contribution in [3.05, 3.63) is 105 Å². The fourth-order valence-corrected chi connectivity index (χ4v) is 3.62. The second kappa shape index (κ2) is 9.24. The number of hydrogen-bond donors (Lipinski definition) is 2. The molecule has 2 N–H and O–H groups in total. The Labute approximate surface area is 190 Å². The number of fused-ring (bicyclic) bond motifs is 1. The Bertz CT molecular complexity index is 1320. The van der Waals surface area contributed by atoms with Crippen LogP contribution in [0.3, 0.4) is 0 Å². The van der Waals surface area contributed by atoms with Crippen molar-refractivity contribution in [3.63, 3.8) is 0 Å². The first-order valence-electron chi connectivity index (χ1n) is 10.2. The molecule has 4 aromatic rings. The zero-order valence-electron chi connectivity index (χ0n) is 17.9. The molecule has 2 amide bonds. The Morgan fingerprint density at radius 1 is 1.06 bits per heavy atom. The minimum absolute atomic E-state index is 0.145. The van der Waals surface area contributed by atoms with Gasteiger partial charge in [0.15, 0.2) is 0 Å². The molecule has 2 aromatic heterocycles. The maximum Gasteiger partial charge on any atom is 0.322 e. The van der Waals surface area contributed by atoms with Crippen LogP contribution in [0.2, 0.25) is 5.02 Å². The van der Waals surface area contributed by atoms with Crippen LogP contribution in [-0.2, 0) is 13.1 Å². The SMILES string of the molecule is Cc1cc2cc(CN(Cc3cccnc3)C(=O)Nc3ccc(Cl)cc3)c(=O)[nH]c2cc1C. The molecule has 0 spiro atoms. The second-order valence-corrected chi connectivity index (χ2v) is 8.24. The lowest BCUT2D eigenvalue weighted by atomic mass is 10.0. The highest BCUT2D eigenvalue weighted by atomic mass is 35.5. The fraction of sp³-hybridized carbons (Fsp3) is 0.160. The quantitative estimate of drug-likeness (QED) is 0.429. The van der Waals surface area contributed by atoms with Crippen LogP contribution in [0.4, 0.5) is 10.5 Å². The predicted octanol–water partition coefficient (Wildman–Crippen LogP) is 5.43. The number of halogens is 1. The summed E-state index contributed by atoms with van der Waals surface area (Å²) in [5, 5.41) is 4.40. The lowest BCUT2D eigenvalue weighted by molar-refractivity contribution is 0.206. The smallest absolute Gasteiger partial charge is 0.322 e.